The summed E-state index contributed by atoms with van der Waals surface area (Å²) in [4.78, 5) is 10.8. The van der Waals surface area contributed by atoms with Crippen molar-refractivity contribution in [1.82, 2.24) is 19.6 Å². The summed E-state index contributed by atoms with van der Waals surface area (Å²) in [5.41, 5.74) is 3.81. The maximum atomic E-state index is 4.54. The third-order valence-corrected chi connectivity index (χ3v) is 4.34. The van der Waals surface area contributed by atoms with Gasteiger partial charge >= 0.3 is 0 Å². The molecule has 4 heterocycles. The fourth-order valence-electron chi connectivity index (χ4n) is 1.73. The first-order valence-corrected chi connectivity index (χ1v) is 6.74. The van der Waals surface area contributed by atoms with E-state index < -0.39 is 0 Å². The highest BCUT2D eigenvalue weighted by Crippen LogP contribution is 2.30. The van der Waals surface area contributed by atoms with Crippen molar-refractivity contribution in [3.63, 3.8) is 0 Å². The number of nitrogens with zero attached hydrogens (tertiary/aromatic N) is 4. The van der Waals surface area contributed by atoms with Crippen LogP contribution in [0.3, 0.4) is 0 Å². The van der Waals surface area contributed by atoms with Gasteiger partial charge in [-0.3, -0.25) is 0 Å². The van der Waals surface area contributed by atoms with Crippen molar-refractivity contribution in [2.24, 2.45) is 0 Å². The van der Waals surface area contributed by atoms with Gasteiger partial charge in [0.1, 0.15) is 10.7 Å². The molecule has 0 radical (unpaired) electrons. The molecule has 17 heavy (non-hydrogen) atoms. The third kappa shape index (κ3) is 1.38. The lowest BCUT2D eigenvalue weighted by Gasteiger charge is -1.87. The minimum atomic E-state index is 0.909. The normalized spacial score (nSPS) is 11.5. The second-order valence-electron chi connectivity index (χ2n) is 3.58. The molecule has 0 unspecified atom stereocenters. The van der Waals surface area contributed by atoms with Crippen LogP contribution in [0, 0.1) is 0 Å². The molecule has 0 bridgehead atoms. The van der Waals surface area contributed by atoms with E-state index in [1.165, 1.54) is 0 Å². The summed E-state index contributed by atoms with van der Waals surface area (Å²) in [6.45, 7) is 0. The van der Waals surface area contributed by atoms with Crippen LogP contribution in [0.25, 0.3) is 25.9 Å². The summed E-state index contributed by atoms with van der Waals surface area (Å²) in [7, 11) is 0. The second-order valence-corrected chi connectivity index (χ2v) is 5.39. The lowest BCUT2D eigenvalue weighted by Crippen LogP contribution is -1.84. The summed E-state index contributed by atoms with van der Waals surface area (Å²) in [5, 5.41) is 5.43. The van der Waals surface area contributed by atoms with Crippen LogP contribution in [0.2, 0.25) is 0 Å². The van der Waals surface area contributed by atoms with Crippen LogP contribution in [0.1, 0.15) is 0 Å². The average molecular weight is 258 g/mol. The fraction of sp³-hybridized carbons (Fsp3) is 0. The summed E-state index contributed by atoms with van der Waals surface area (Å²) in [6, 6.07) is 8.04. The molecular formula is C11H6N4S2. The lowest BCUT2D eigenvalue weighted by molar-refractivity contribution is 0.965. The molecule has 0 aromatic carbocycles. The Morgan fingerprint density at radius 1 is 1.18 bits per heavy atom. The van der Waals surface area contributed by atoms with E-state index in [-0.39, 0.29) is 0 Å². The van der Waals surface area contributed by atoms with E-state index in [2.05, 4.69) is 15.1 Å². The largest absolute Gasteiger partial charge is 0.240 e. The summed E-state index contributed by atoms with van der Waals surface area (Å²) in [6.07, 6.45) is 1.94. The van der Waals surface area contributed by atoms with E-state index >= 15 is 0 Å². The Morgan fingerprint density at radius 3 is 3.06 bits per heavy atom. The number of fused-ring (bicyclic) bond motifs is 2. The van der Waals surface area contributed by atoms with Gasteiger partial charge in [0.2, 0.25) is 0 Å². The van der Waals surface area contributed by atoms with Crippen LogP contribution < -0.4 is 0 Å². The Bertz CT molecular complexity index is 749. The van der Waals surface area contributed by atoms with E-state index in [4.69, 9.17) is 0 Å². The van der Waals surface area contributed by atoms with Gasteiger partial charge in [-0.15, -0.1) is 11.3 Å². The molecule has 0 atom stereocenters. The third-order valence-electron chi connectivity index (χ3n) is 2.50. The Kier molecular flexibility index (Phi) is 1.82. The smallest absolute Gasteiger partial charge is 0.155 e. The summed E-state index contributed by atoms with van der Waals surface area (Å²) < 4.78 is 1.86. The molecule has 4 aromatic heterocycles. The molecule has 0 aliphatic heterocycles. The molecule has 0 aliphatic rings. The van der Waals surface area contributed by atoms with Gasteiger partial charge in [0.15, 0.2) is 9.66 Å². The van der Waals surface area contributed by atoms with E-state index in [0.717, 1.165) is 25.9 Å². The van der Waals surface area contributed by atoms with E-state index in [1.54, 1.807) is 22.7 Å². The van der Waals surface area contributed by atoms with Gasteiger partial charge < -0.3 is 0 Å². The van der Waals surface area contributed by atoms with Gasteiger partial charge in [-0.1, -0.05) is 17.4 Å². The highest BCUT2D eigenvalue weighted by atomic mass is 32.1. The molecule has 0 spiro atoms. The van der Waals surface area contributed by atoms with Crippen LogP contribution in [-0.2, 0) is 0 Å². The molecule has 82 valence electrons. The van der Waals surface area contributed by atoms with Crippen molar-refractivity contribution < 1.29 is 0 Å². The van der Waals surface area contributed by atoms with Crippen molar-refractivity contribution >= 4 is 37.9 Å². The SMILES string of the molecule is c1ccn2nc(-c3nc4scnc4s3)cc2c1. The average Bonchev–Trinajstić information content (AvgIpc) is 3.01. The maximum Gasteiger partial charge on any atom is 0.155 e. The lowest BCUT2D eigenvalue weighted by atomic mass is 10.4. The van der Waals surface area contributed by atoms with Crippen LogP contribution in [0.5, 0.6) is 0 Å². The van der Waals surface area contributed by atoms with Crippen LogP contribution in [-0.4, -0.2) is 19.6 Å². The van der Waals surface area contributed by atoms with E-state index in [1.807, 2.05) is 40.5 Å². The highest BCUT2D eigenvalue weighted by molar-refractivity contribution is 7.27. The first kappa shape index (κ1) is 9.26. The van der Waals surface area contributed by atoms with Crippen molar-refractivity contribution in [3.05, 3.63) is 36.0 Å². The van der Waals surface area contributed by atoms with Gasteiger partial charge in [-0.25, -0.2) is 14.5 Å². The Labute approximate surface area is 104 Å². The number of hydrogen-bond acceptors (Lipinski definition) is 5. The molecule has 4 aromatic rings. The zero-order valence-electron chi connectivity index (χ0n) is 8.57. The van der Waals surface area contributed by atoms with E-state index in [9.17, 15) is 0 Å². The molecule has 6 heteroatoms. The molecule has 0 saturated carbocycles. The maximum absolute atomic E-state index is 4.54. The molecule has 0 amide bonds. The van der Waals surface area contributed by atoms with Crippen molar-refractivity contribution in [3.8, 4) is 10.7 Å². The molecule has 4 nitrogen and oxygen atoms in total. The van der Waals surface area contributed by atoms with Gasteiger partial charge in [0, 0.05) is 6.20 Å². The number of hydrogen-bond donors (Lipinski definition) is 0. The quantitative estimate of drug-likeness (QED) is 0.527. The minimum absolute atomic E-state index is 0.909. The molecule has 4 rings (SSSR count). The standard InChI is InChI=1S/C11H6N4S2/c1-2-4-15-7(3-1)5-8(14-15)9-13-11-10(17-9)12-6-16-11/h1-6H. The van der Waals surface area contributed by atoms with Gasteiger partial charge in [-0.05, 0) is 18.2 Å². The topological polar surface area (TPSA) is 43.1 Å². The number of aromatic nitrogens is 4. The van der Waals surface area contributed by atoms with Gasteiger partial charge in [0.05, 0.1) is 11.0 Å². The Morgan fingerprint density at radius 2 is 2.18 bits per heavy atom. The fourth-order valence-corrected chi connectivity index (χ4v) is 3.44. The van der Waals surface area contributed by atoms with Crippen LogP contribution in [0.15, 0.2) is 36.0 Å². The first-order valence-electron chi connectivity index (χ1n) is 5.05. The highest BCUT2D eigenvalue weighted by Gasteiger charge is 2.11. The predicted octanol–water partition coefficient (Wildman–Crippen LogP) is 3.07. The van der Waals surface area contributed by atoms with Gasteiger partial charge in [0.25, 0.3) is 0 Å². The zero-order chi connectivity index (χ0) is 11.2. The molecule has 0 fully saturated rings. The van der Waals surface area contributed by atoms with Crippen molar-refractivity contribution in [1.29, 1.82) is 0 Å². The first-order chi connectivity index (χ1) is 8.40. The molecular weight excluding hydrogens is 252 g/mol. The monoisotopic (exact) mass is 258 g/mol. The second kappa shape index (κ2) is 3.35. The summed E-state index contributed by atoms with van der Waals surface area (Å²) in [5.74, 6) is 0. The number of pyridine rings is 1. The Balaban J connectivity index is 1.95. The molecule has 0 saturated heterocycles. The van der Waals surface area contributed by atoms with Crippen molar-refractivity contribution in [2.75, 3.05) is 0 Å². The molecule has 0 N–H and O–H groups in total. The van der Waals surface area contributed by atoms with Crippen molar-refractivity contribution in [2.45, 2.75) is 0 Å². The van der Waals surface area contributed by atoms with E-state index in [0.29, 0.717) is 0 Å². The predicted molar refractivity (Wildman–Crippen MR) is 69.5 cm³/mol. The zero-order valence-corrected chi connectivity index (χ0v) is 10.2. The Hall–Kier alpha value is -1.79. The van der Waals surface area contributed by atoms with Gasteiger partial charge in [-0.2, -0.15) is 5.10 Å². The number of thiazole rings is 2. The molecule has 0 aliphatic carbocycles. The number of rotatable bonds is 1. The summed E-state index contributed by atoms with van der Waals surface area (Å²) >= 11 is 3.15. The van der Waals surface area contributed by atoms with Crippen LogP contribution in [0.4, 0.5) is 0 Å². The minimum Gasteiger partial charge on any atom is -0.240 e. The van der Waals surface area contributed by atoms with Crippen LogP contribution >= 0.6 is 22.7 Å².